The van der Waals surface area contributed by atoms with Crippen molar-refractivity contribution in [3.05, 3.63) is 54.1 Å². The Balaban J connectivity index is 2.08. The fourth-order valence-electron chi connectivity index (χ4n) is 2.51. The molecule has 0 aromatic heterocycles. The van der Waals surface area contributed by atoms with Gasteiger partial charge in [0.2, 0.25) is 5.91 Å². The minimum absolute atomic E-state index is 0.154. The van der Waals surface area contributed by atoms with Gasteiger partial charge < -0.3 is 19.9 Å². The van der Waals surface area contributed by atoms with Crippen molar-refractivity contribution >= 4 is 17.6 Å². The predicted molar refractivity (Wildman–Crippen MR) is 98.7 cm³/mol. The molecule has 2 rings (SSSR count). The second-order valence-electron chi connectivity index (χ2n) is 6.54. The van der Waals surface area contributed by atoms with Gasteiger partial charge in [-0.3, -0.25) is 4.79 Å². The van der Waals surface area contributed by atoms with Gasteiger partial charge in [-0.2, -0.15) is 0 Å². The van der Waals surface area contributed by atoms with Gasteiger partial charge in [0.25, 0.3) is 0 Å². The van der Waals surface area contributed by atoms with Gasteiger partial charge in [-0.25, -0.2) is 4.79 Å². The van der Waals surface area contributed by atoms with E-state index in [2.05, 4.69) is 5.32 Å². The number of carbonyl (C=O) groups excluding carboxylic acids is 1. The van der Waals surface area contributed by atoms with E-state index in [4.69, 9.17) is 14.6 Å². The minimum Gasteiger partial charge on any atom is -0.496 e. The number of anilines is 1. The van der Waals surface area contributed by atoms with E-state index in [-0.39, 0.29) is 5.91 Å². The summed E-state index contributed by atoms with van der Waals surface area (Å²) >= 11 is 0. The monoisotopic (exact) mass is 357 g/mol. The Morgan fingerprint density at radius 3 is 2.54 bits per heavy atom. The molecule has 0 saturated carbocycles. The van der Waals surface area contributed by atoms with Gasteiger partial charge in [0, 0.05) is 17.2 Å². The standard InChI is InChI=1S/C20H23NO5/c1-20(2,12-14-7-4-5-10-17(14)25-3)19(24)21-15-8-6-9-16(11-15)26-13-18(22)23/h4-11H,12-13H2,1-3H3,(H,21,24)(H,22,23). The largest absolute Gasteiger partial charge is 0.496 e. The first kappa shape index (κ1) is 19.3. The fraction of sp³-hybridized carbons (Fsp3) is 0.300. The summed E-state index contributed by atoms with van der Waals surface area (Å²) in [6, 6.07) is 14.3. The molecule has 0 spiro atoms. The average molecular weight is 357 g/mol. The number of hydrogen-bond acceptors (Lipinski definition) is 4. The van der Waals surface area contributed by atoms with E-state index in [9.17, 15) is 9.59 Å². The topological polar surface area (TPSA) is 84.9 Å². The molecule has 6 nitrogen and oxygen atoms in total. The quantitative estimate of drug-likeness (QED) is 0.757. The van der Waals surface area contributed by atoms with Gasteiger partial charge in [0.05, 0.1) is 7.11 Å². The lowest BCUT2D eigenvalue weighted by Crippen LogP contribution is -2.32. The molecule has 1 amide bonds. The number of nitrogens with one attached hydrogen (secondary N) is 1. The Labute approximate surface area is 152 Å². The summed E-state index contributed by atoms with van der Waals surface area (Å²) in [5.41, 5.74) is 0.826. The number of carboxylic acids is 1. The second-order valence-corrected chi connectivity index (χ2v) is 6.54. The van der Waals surface area contributed by atoms with Crippen LogP contribution in [0.4, 0.5) is 5.69 Å². The molecule has 26 heavy (non-hydrogen) atoms. The zero-order chi connectivity index (χ0) is 19.2. The number of carbonyl (C=O) groups is 2. The van der Waals surface area contributed by atoms with Gasteiger partial charge in [-0.05, 0) is 30.2 Å². The Morgan fingerprint density at radius 1 is 1.12 bits per heavy atom. The molecular weight excluding hydrogens is 334 g/mol. The fourth-order valence-corrected chi connectivity index (χ4v) is 2.51. The van der Waals surface area contributed by atoms with E-state index in [0.29, 0.717) is 17.9 Å². The maximum absolute atomic E-state index is 12.7. The zero-order valence-electron chi connectivity index (χ0n) is 15.1. The van der Waals surface area contributed by atoms with Crippen LogP contribution in [0.1, 0.15) is 19.4 Å². The number of ether oxygens (including phenoxy) is 2. The van der Waals surface area contributed by atoms with Gasteiger partial charge in [0.1, 0.15) is 11.5 Å². The van der Waals surface area contributed by atoms with Crippen molar-refractivity contribution in [2.75, 3.05) is 19.0 Å². The molecule has 138 valence electrons. The van der Waals surface area contributed by atoms with Crippen LogP contribution in [0.25, 0.3) is 0 Å². The van der Waals surface area contributed by atoms with Crippen LogP contribution in [-0.4, -0.2) is 30.7 Å². The number of benzene rings is 2. The van der Waals surface area contributed by atoms with Crippen LogP contribution in [0.5, 0.6) is 11.5 Å². The number of carboxylic acid groups (broad SMARTS) is 1. The van der Waals surface area contributed by atoms with Crippen molar-refractivity contribution in [2.24, 2.45) is 5.41 Å². The van der Waals surface area contributed by atoms with E-state index in [1.165, 1.54) is 0 Å². The van der Waals surface area contributed by atoms with E-state index >= 15 is 0 Å². The van der Waals surface area contributed by atoms with Gasteiger partial charge >= 0.3 is 5.97 Å². The highest BCUT2D eigenvalue weighted by Crippen LogP contribution is 2.29. The van der Waals surface area contributed by atoms with Crippen LogP contribution < -0.4 is 14.8 Å². The number of aliphatic carboxylic acids is 1. The van der Waals surface area contributed by atoms with Crippen molar-refractivity contribution in [1.82, 2.24) is 0 Å². The van der Waals surface area contributed by atoms with Gasteiger partial charge in [0.15, 0.2) is 6.61 Å². The lowest BCUT2D eigenvalue weighted by atomic mass is 9.84. The van der Waals surface area contributed by atoms with Crippen LogP contribution >= 0.6 is 0 Å². The molecule has 2 N–H and O–H groups in total. The summed E-state index contributed by atoms with van der Waals surface area (Å²) in [5.74, 6) is -0.0821. The van der Waals surface area contributed by atoms with E-state index in [1.54, 1.807) is 31.4 Å². The van der Waals surface area contributed by atoms with Crippen molar-refractivity contribution in [2.45, 2.75) is 20.3 Å². The molecule has 0 radical (unpaired) electrons. The highest BCUT2D eigenvalue weighted by molar-refractivity contribution is 5.95. The summed E-state index contributed by atoms with van der Waals surface area (Å²) in [4.78, 5) is 23.3. The van der Waals surface area contributed by atoms with Gasteiger partial charge in [-0.15, -0.1) is 0 Å². The maximum Gasteiger partial charge on any atom is 0.341 e. The van der Waals surface area contributed by atoms with Crippen LogP contribution in [0.15, 0.2) is 48.5 Å². The number of hydrogen-bond donors (Lipinski definition) is 2. The first-order valence-corrected chi connectivity index (χ1v) is 8.20. The molecule has 6 heteroatoms. The molecule has 0 fully saturated rings. The highest BCUT2D eigenvalue weighted by Gasteiger charge is 2.29. The number of methoxy groups -OCH3 is 1. The maximum atomic E-state index is 12.7. The normalized spacial score (nSPS) is 10.9. The lowest BCUT2D eigenvalue weighted by molar-refractivity contribution is -0.139. The molecule has 0 saturated heterocycles. The smallest absolute Gasteiger partial charge is 0.341 e. The molecule has 0 atom stereocenters. The lowest BCUT2D eigenvalue weighted by Gasteiger charge is -2.24. The first-order chi connectivity index (χ1) is 12.3. The number of rotatable bonds is 8. The molecule has 2 aromatic carbocycles. The Bertz CT molecular complexity index is 785. The Hall–Kier alpha value is -3.02. The summed E-state index contributed by atoms with van der Waals surface area (Å²) in [6.45, 7) is 3.29. The van der Waals surface area contributed by atoms with Crippen LogP contribution in [-0.2, 0) is 16.0 Å². The molecule has 0 heterocycles. The molecule has 0 aliphatic heterocycles. The predicted octanol–water partition coefficient (Wildman–Crippen LogP) is 3.37. The summed E-state index contributed by atoms with van der Waals surface area (Å²) < 4.78 is 10.5. The van der Waals surface area contributed by atoms with Gasteiger partial charge in [-0.1, -0.05) is 38.1 Å². The van der Waals surface area contributed by atoms with Crippen LogP contribution in [0.2, 0.25) is 0 Å². The van der Waals surface area contributed by atoms with Crippen LogP contribution in [0.3, 0.4) is 0 Å². The Morgan fingerprint density at radius 2 is 1.85 bits per heavy atom. The number of amides is 1. The van der Waals surface area contributed by atoms with E-state index < -0.39 is 18.0 Å². The highest BCUT2D eigenvalue weighted by atomic mass is 16.5. The molecule has 2 aromatic rings. The molecule has 0 aliphatic carbocycles. The van der Waals surface area contributed by atoms with E-state index in [1.807, 2.05) is 38.1 Å². The Kier molecular flexibility index (Phi) is 6.22. The second kappa shape index (κ2) is 8.38. The third-order valence-corrected chi connectivity index (χ3v) is 3.89. The summed E-state index contributed by atoms with van der Waals surface area (Å²) in [5, 5.41) is 11.5. The number of para-hydroxylation sites is 1. The SMILES string of the molecule is COc1ccccc1CC(C)(C)C(=O)Nc1cccc(OCC(=O)O)c1. The first-order valence-electron chi connectivity index (χ1n) is 8.20. The summed E-state index contributed by atoms with van der Waals surface area (Å²) in [7, 11) is 1.61. The molecular formula is C20H23NO5. The average Bonchev–Trinajstić information content (AvgIpc) is 2.60. The third kappa shape index (κ3) is 5.24. The van der Waals surface area contributed by atoms with Crippen molar-refractivity contribution in [1.29, 1.82) is 0 Å². The molecule has 0 aliphatic rings. The molecule has 0 bridgehead atoms. The third-order valence-electron chi connectivity index (χ3n) is 3.89. The van der Waals surface area contributed by atoms with Crippen molar-refractivity contribution < 1.29 is 24.2 Å². The van der Waals surface area contributed by atoms with Crippen molar-refractivity contribution in [3.8, 4) is 11.5 Å². The van der Waals surface area contributed by atoms with Crippen LogP contribution in [0, 0.1) is 5.41 Å². The van der Waals surface area contributed by atoms with E-state index in [0.717, 1.165) is 11.3 Å². The molecule has 0 unspecified atom stereocenters. The zero-order valence-corrected chi connectivity index (χ0v) is 15.1. The van der Waals surface area contributed by atoms with Crippen molar-refractivity contribution in [3.63, 3.8) is 0 Å². The summed E-state index contributed by atoms with van der Waals surface area (Å²) in [6.07, 6.45) is 0.512. The minimum atomic E-state index is -1.06.